The van der Waals surface area contributed by atoms with Crippen molar-refractivity contribution in [2.75, 3.05) is 6.61 Å². The smallest absolute Gasteiger partial charge is 0.397 e. The minimum absolute atomic E-state index is 0.128. The molecule has 0 N–H and O–H groups in total. The van der Waals surface area contributed by atoms with Crippen molar-refractivity contribution in [3.05, 3.63) is 29.8 Å². The van der Waals surface area contributed by atoms with Crippen molar-refractivity contribution in [2.45, 2.75) is 19.0 Å². The summed E-state index contributed by atoms with van der Waals surface area (Å²) in [6, 6.07) is 6.01. The Balaban J connectivity index is 1.96. The SMILES string of the molecule is O=Cc1ccc(OCC2(C(F)(F)F)CC2)cc1. The minimum Gasteiger partial charge on any atom is -0.493 e. The van der Waals surface area contributed by atoms with E-state index >= 15 is 0 Å². The van der Waals surface area contributed by atoms with Crippen molar-refractivity contribution in [3.63, 3.8) is 0 Å². The zero-order chi connectivity index (χ0) is 12.5. The summed E-state index contributed by atoms with van der Waals surface area (Å²) in [5.74, 6) is 0.353. The van der Waals surface area contributed by atoms with Crippen molar-refractivity contribution in [2.24, 2.45) is 5.41 Å². The molecule has 0 spiro atoms. The van der Waals surface area contributed by atoms with Crippen LogP contribution in [-0.4, -0.2) is 19.1 Å². The molecule has 1 fully saturated rings. The van der Waals surface area contributed by atoms with E-state index in [0.717, 1.165) is 0 Å². The molecule has 0 heterocycles. The lowest BCUT2D eigenvalue weighted by Crippen LogP contribution is -2.30. The lowest BCUT2D eigenvalue weighted by atomic mass is 10.1. The first-order valence-corrected chi connectivity index (χ1v) is 5.22. The first kappa shape index (κ1) is 12.0. The third kappa shape index (κ3) is 2.43. The highest BCUT2D eigenvalue weighted by atomic mass is 19.4. The maximum Gasteiger partial charge on any atom is 0.397 e. The number of alkyl halides is 3. The number of ether oxygens (including phenoxy) is 1. The molecular weight excluding hydrogens is 233 g/mol. The van der Waals surface area contributed by atoms with Gasteiger partial charge in [0, 0.05) is 5.56 Å². The molecule has 0 aromatic heterocycles. The Morgan fingerprint density at radius 3 is 2.24 bits per heavy atom. The van der Waals surface area contributed by atoms with Crippen LogP contribution in [0.15, 0.2) is 24.3 Å². The molecule has 1 aliphatic carbocycles. The number of hydrogen-bond donors (Lipinski definition) is 0. The van der Waals surface area contributed by atoms with Crippen LogP contribution in [0.3, 0.4) is 0 Å². The van der Waals surface area contributed by atoms with E-state index in [9.17, 15) is 18.0 Å². The summed E-state index contributed by atoms with van der Waals surface area (Å²) in [4.78, 5) is 10.4. The van der Waals surface area contributed by atoms with Gasteiger partial charge in [0.2, 0.25) is 0 Å². The van der Waals surface area contributed by atoms with E-state index in [4.69, 9.17) is 4.74 Å². The Morgan fingerprint density at radius 1 is 1.24 bits per heavy atom. The fourth-order valence-corrected chi connectivity index (χ4v) is 1.52. The molecule has 1 saturated carbocycles. The third-order valence-corrected chi connectivity index (χ3v) is 2.99. The molecule has 1 aromatic rings. The normalized spacial score (nSPS) is 17.6. The second-order valence-corrected chi connectivity index (χ2v) is 4.25. The highest BCUT2D eigenvalue weighted by molar-refractivity contribution is 5.74. The van der Waals surface area contributed by atoms with E-state index in [0.29, 0.717) is 17.6 Å². The summed E-state index contributed by atoms with van der Waals surface area (Å²) in [7, 11) is 0. The molecule has 0 saturated heterocycles. The van der Waals surface area contributed by atoms with E-state index in [2.05, 4.69) is 0 Å². The number of hydrogen-bond acceptors (Lipinski definition) is 2. The molecule has 17 heavy (non-hydrogen) atoms. The topological polar surface area (TPSA) is 26.3 Å². The van der Waals surface area contributed by atoms with Gasteiger partial charge in [-0.25, -0.2) is 0 Å². The average Bonchev–Trinajstić information content (AvgIpc) is 3.07. The minimum atomic E-state index is -4.20. The molecule has 0 bridgehead atoms. The van der Waals surface area contributed by atoms with E-state index < -0.39 is 11.6 Å². The van der Waals surface area contributed by atoms with Gasteiger partial charge in [0.05, 0.1) is 0 Å². The number of carbonyl (C=O) groups is 1. The standard InChI is InChI=1S/C12H11F3O2/c13-12(14,15)11(5-6-11)8-17-10-3-1-9(7-16)2-4-10/h1-4,7H,5-6,8H2. The Hall–Kier alpha value is -1.52. The van der Waals surface area contributed by atoms with E-state index in [1.165, 1.54) is 24.3 Å². The van der Waals surface area contributed by atoms with Crippen molar-refractivity contribution in [1.29, 1.82) is 0 Å². The van der Waals surface area contributed by atoms with Crippen molar-refractivity contribution in [1.82, 2.24) is 0 Å². The quantitative estimate of drug-likeness (QED) is 0.760. The fourth-order valence-electron chi connectivity index (χ4n) is 1.52. The number of halogens is 3. The average molecular weight is 244 g/mol. The molecule has 2 rings (SSSR count). The van der Waals surface area contributed by atoms with Gasteiger partial charge in [-0.05, 0) is 37.1 Å². The van der Waals surface area contributed by atoms with Gasteiger partial charge in [-0.1, -0.05) is 0 Å². The lowest BCUT2D eigenvalue weighted by Gasteiger charge is -2.19. The molecule has 0 amide bonds. The Morgan fingerprint density at radius 2 is 1.82 bits per heavy atom. The molecular formula is C12H11F3O2. The van der Waals surface area contributed by atoms with Gasteiger partial charge in [-0.15, -0.1) is 0 Å². The summed E-state index contributed by atoms with van der Waals surface area (Å²) < 4.78 is 42.9. The van der Waals surface area contributed by atoms with E-state index in [-0.39, 0.29) is 19.4 Å². The first-order chi connectivity index (χ1) is 7.97. The molecule has 0 aliphatic heterocycles. The maximum absolute atomic E-state index is 12.6. The fraction of sp³-hybridized carbons (Fsp3) is 0.417. The van der Waals surface area contributed by atoms with Gasteiger partial charge in [0.1, 0.15) is 24.1 Å². The Kier molecular flexibility index (Phi) is 2.85. The van der Waals surface area contributed by atoms with Gasteiger partial charge in [0.25, 0.3) is 0 Å². The zero-order valence-corrected chi connectivity index (χ0v) is 8.96. The van der Waals surface area contributed by atoms with Crippen LogP contribution in [-0.2, 0) is 0 Å². The van der Waals surface area contributed by atoms with Gasteiger partial charge >= 0.3 is 6.18 Å². The molecule has 0 radical (unpaired) electrons. The predicted octanol–water partition coefficient (Wildman–Crippen LogP) is 3.22. The first-order valence-electron chi connectivity index (χ1n) is 5.22. The van der Waals surface area contributed by atoms with Gasteiger partial charge in [-0.3, -0.25) is 4.79 Å². The molecule has 92 valence electrons. The molecule has 0 unspecified atom stereocenters. The van der Waals surface area contributed by atoms with Crippen LogP contribution < -0.4 is 4.74 Å². The van der Waals surface area contributed by atoms with Gasteiger partial charge in [-0.2, -0.15) is 13.2 Å². The van der Waals surface area contributed by atoms with E-state index in [1.54, 1.807) is 0 Å². The van der Waals surface area contributed by atoms with Crippen molar-refractivity contribution >= 4 is 6.29 Å². The lowest BCUT2D eigenvalue weighted by molar-refractivity contribution is -0.194. The van der Waals surface area contributed by atoms with Crippen molar-refractivity contribution in [3.8, 4) is 5.75 Å². The summed E-state index contributed by atoms with van der Waals surface area (Å²) in [5.41, 5.74) is -1.19. The van der Waals surface area contributed by atoms with E-state index in [1.807, 2.05) is 0 Å². The summed E-state index contributed by atoms with van der Waals surface area (Å²) in [6.07, 6.45) is -3.27. The van der Waals surface area contributed by atoms with Crippen LogP contribution in [0.5, 0.6) is 5.75 Å². The molecule has 1 aliphatic rings. The second-order valence-electron chi connectivity index (χ2n) is 4.25. The van der Waals surface area contributed by atoms with Crippen LogP contribution in [0.25, 0.3) is 0 Å². The zero-order valence-electron chi connectivity index (χ0n) is 8.96. The Bertz CT molecular complexity index is 405. The Labute approximate surface area is 96.4 Å². The largest absolute Gasteiger partial charge is 0.493 e. The predicted molar refractivity (Wildman–Crippen MR) is 55.0 cm³/mol. The van der Waals surface area contributed by atoms with Crippen LogP contribution in [0.4, 0.5) is 13.2 Å². The summed E-state index contributed by atoms with van der Waals surface area (Å²) in [6.45, 7) is -0.350. The molecule has 0 atom stereocenters. The summed E-state index contributed by atoms with van der Waals surface area (Å²) in [5, 5.41) is 0. The van der Waals surface area contributed by atoms with Crippen molar-refractivity contribution < 1.29 is 22.7 Å². The number of carbonyl (C=O) groups excluding carboxylic acids is 1. The monoisotopic (exact) mass is 244 g/mol. The van der Waals surface area contributed by atoms with Gasteiger partial charge < -0.3 is 4.74 Å². The number of rotatable bonds is 4. The molecule has 2 nitrogen and oxygen atoms in total. The second kappa shape index (κ2) is 4.05. The van der Waals surface area contributed by atoms with Crippen LogP contribution in [0, 0.1) is 5.41 Å². The van der Waals surface area contributed by atoms with Crippen LogP contribution >= 0.6 is 0 Å². The highest BCUT2D eigenvalue weighted by Gasteiger charge is 2.63. The third-order valence-electron chi connectivity index (χ3n) is 2.99. The van der Waals surface area contributed by atoms with Crippen LogP contribution in [0.2, 0.25) is 0 Å². The number of benzene rings is 1. The van der Waals surface area contributed by atoms with Crippen LogP contribution in [0.1, 0.15) is 23.2 Å². The van der Waals surface area contributed by atoms with Gasteiger partial charge in [0.15, 0.2) is 0 Å². The molecule has 5 heteroatoms. The summed E-state index contributed by atoms with van der Waals surface area (Å²) >= 11 is 0. The maximum atomic E-state index is 12.6. The molecule has 1 aromatic carbocycles. The number of aldehydes is 1. The highest BCUT2D eigenvalue weighted by Crippen LogP contribution is 2.57.